The number of nitrogens with zero attached hydrogens (tertiary/aromatic N) is 1. The molecular weight excluding hydrogens is 181 g/mol. The van der Waals surface area contributed by atoms with Crippen molar-refractivity contribution in [3.05, 3.63) is 34.9 Å². The van der Waals surface area contributed by atoms with Crippen LogP contribution in [0.15, 0.2) is 29.3 Å². The van der Waals surface area contributed by atoms with E-state index in [0.29, 0.717) is 5.02 Å². The lowest BCUT2D eigenvalue weighted by Gasteiger charge is -1.99. The van der Waals surface area contributed by atoms with E-state index in [1.807, 2.05) is 0 Å². The minimum Gasteiger partial charge on any atom is -0.215 e. The van der Waals surface area contributed by atoms with E-state index >= 15 is 0 Å². The average Bonchev–Trinajstić information content (AvgIpc) is 2.05. The Balaban J connectivity index is 2.94. The van der Waals surface area contributed by atoms with Crippen molar-refractivity contribution in [1.82, 2.24) is 0 Å². The van der Waals surface area contributed by atoms with E-state index in [-0.39, 0.29) is 5.56 Å². The zero-order valence-corrected chi connectivity index (χ0v) is 6.75. The van der Waals surface area contributed by atoms with Crippen LogP contribution in [0.25, 0.3) is 0 Å². The fourth-order valence-electron chi connectivity index (χ4n) is 0.776. The molecule has 0 saturated carbocycles. The van der Waals surface area contributed by atoms with Gasteiger partial charge in [0.15, 0.2) is 0 Å². The van der Waals surface area contributed by atoms with Gasteiger partial charge in [0.25, 0.3) is 0 Å². The molecule has 0 bridgehead atoms. The van der Waals surface area contributed by atoms with Crippen LogP contribution in [0.2, 0.25) is 5.02 Å². The third-order valence-corrected chi connectivity index (χ3v) is 1.52. The summed E-state index contributed by atoms with van der Waals surface area (Å²) >= 11 is 5.58. The SMILES string of the molecule is O=C=NC(F)c1cccc(Cl)c1. The van der Waals surface area contributed by atoms with Crippen LogP contribution in [0.4, 0.5) is 4.39 Å². The highest BCUT2D eigenvalue weighted by molar-refractivity contribution is 6.30. The van der Waals surface area contributed by atoms with Gasteiger partial charge in [-0.2, -0.15) is 4.99 Å². The molecule has 0 fully saturated rings. The van der Waals surface area contributed by atoms with Crippen molar-refractivity contribution >= 4 is 17.7 Å². The Bertz CT molecular complexity index is 323. The Morgan fingerprint density at radius 1 is 1.58 bits per heavy atom. The zero-order chi connectivity index (χ0) is 8.97. The van der Waals surface area contributed by atoms with E-state index < -0.39 is 6.30 Å². The fourth-order valence-corrected chi connectivity index (χ4v) is 0.974. The minimum atomic E-state index is -1.67. The van der Waals surface area contributed by atoms with Crippen molar-refractivity contribution in [3.8, 4) is 0 Å². The molecule has 0 heterocycles. The second-order valence-corrected chi connectivity index (χ2v) is 2.55. The molecule has 4 heteroatoms. The molecule has 62 valence electrons. The molecule has 0 aromatic heterocycles. The second kappa shape index (κ2) is 4.00. The molecule has 0 spiro atoms. The third-order valence-electron chi connectivity index (χ3n) is 1.29. The van der Waals surface area contributed by atoms with Crippen LogP contribution in [-0.4, -0.2) is 6.08 Å². The topological polar surface area (TPSA) is 29.4 Å². The van der Waals surface area contributed by atoms with Gasteiger partial charge in [-0.25, -0.2) is 9.18 Å². The largest absolute Gasteiger partial charge is 0.238 e. The number of rotatable bonds is 2. The first-order valence-electron chi connectivity index (χ1n) is 3.20. The summed E-state index contributed by atoms with van der Waals surface area (Å²) in [5.41, 5.74) is 0.255. The van der Waals surface area contributed by atoms with Crippen molar-refractivity contribution < 1.29 is 9.18 Å². The van der Waals surface area contributed by atoms with E-state index in [0.717, 1.165) is 6.08 Å². The highest BCUT2D eigenvalue weighted by atomic mass is 35.5. The van der Waals surface area contributed by atoms with Gasteiger partial charge in [-0.1, -0.05) is 23.7 Å². The first kappa shape index (κ1) is 8.91. The number of hydrogen-bond donors (Lipinski definition) is 0. The third kappa shape index (κ3) is 2.16. The maximum atomic E-state index is 12.8. The summed E-state index contributed by atoms with van der Waals surface area (Å²) in [7, 11) is 0. The first-order valence-corrected chi connectivity index (χ1v) is 3.58. The molecule has 0 amide bonds. The summed E-state index contributed by atoms with van der Waals surface area (Å²) in [6.45, 7) is 0. The van der Waals surface area contributed by atoms with Gasteiger partial charge in [0.2, 0.25) is 12.4 Å². The molecule has 1 atom stereocenters. The van der Waals surface area contributed by atoms with Gasteiger partial charge < -0.3 is 0 Å². The normalized spacial score (nSPS) is 11.8. The predicted octanol–water partition coefficient (Wildman–Crippen LogP) is 2.64. The van der Waals surface area contributed by atoms with Gasteiger partial charge in [-0.3, -0.25) is 0 Å². The summed E-state index contributed by atoms with van der Waals surface area (Å²) in [6, 6.07) is 6.11. The van der Waals surface area contributed by atoms with Gasteiger partial charge in [0.05, 0.1) is 0 Å². The summed E-state index contributed by atoms with van der Waals surface area (Å²) in [6.07, 6.45) is -0.523. The Kier molecular flexibility index (Phi) is 2.97. The number of hydrogen-bond acceptors (Lipinski definition) is 2. The number of alkyl halides is 1. The molecule has 0 aliphatic rings. The van der Waals surface area contributed by atoms with Gasteiger partial charge in [0, 0.05) is 10.6 Å². The molecule has 0 aliphatic heterocycles. The lowest BCUT2D eigenvalue weighted by Crippen LogP contribution is -1.86. The van der Waals surface area contributed by atoms with Gasteiger partial charge in [0.1, 0.15) is 0 Å². The van der Waals surface area contributed by atoms with Gasteiger partial charge >= 0.3 is 0 Å². The Hall–Kier alpha value is -1.18. The number of aliphatic imine (C=N–C) groups is 1. The van der Waals surface area contributed by atoms with Crippen LogP contribution >= 0.6 is 11.6 Å². The van der Waals surface area contributed by atoms with Crippen LogP contribution in [0, 0.1) is 0 Å². The van der Waals surface area contributed by atoms with E-state index in [4.69, 9.17) is 11.6 Å². The van der Waals surface area contributed by atoms with Crippen LogP contribution < -0.4 is 0 Å². The average molecular weight is 186 g/mol. The monoisotopic (exact) mass is 185 g/mol. The smallest absolute Gasteiger partial charge is 0.215 e. The molecule has 12 heavy (non-hydrogen) atoms. The van der Waals surface area contributed by atoms with E-state index in [9.17, 15) is 9.18 Å². The lowest BCUT2D eigenvalue weighted by atomic mass is 10.2. The highest BCUT2D eigenvalue weighted by Gasteiger charge is 2.06. The summed E-state index contributed by atoms with van der Waals surface area (Å²) in [4.78, 5) is 12.6. The summed E-state index contributed by atoms with van der Waals surface area (Å²) in [5, 5.41) is 0.413. The number of benzene rings is 1. The van der Waals surface area contributed by atoms with Crippen LogP contribution in [0.5, 0.6) is 0 Å². The molecule has 1 aromatic carbocycles. The van der Waals surface area contributed by atoms with Crippen molar-refractivity contribution in [2.24, 2.45) is 4.99 Å². The lowest BCUT2D eigenvalue weighted by molar-refractivity contribution is 0.356. The van der Waals surface area contributed by atoms with Crippen LogP contribution in [0.1, 0.15) is 11.9 Å². The van der Waals surface area contributed by atoms with Crippen LogP contribution in [0.3, 0.4) is 0 Å². The van der Waals surface area contributed by atoms with E-state index in [2.05, 4.69) is 4.99 Å². The van der Waals surface area contributed by atoms with Crippen molar-refractivity contribution in [2.45, 2.75) is 6.30 Å². The molecule has 2 nitrogen and oxygen atoms in total. The van der Waals surface area contributed by atoms with E-state index in [1.165, 1.54) is 12.1 Å². The standard InChI is InChI=1S/C8H5ClFNO/c9-7-3-1-2-6(4-7)8(10)11-5-12/h1-4,8H. The fraction of sp³-hybridized carbons (Fsp3) is 0.125. The maximum Gasteiger partial charge on any atom is 0.238 e. The first-order chi connectivity index (χ1) is 5.74. The molecule has 0 aliphatic carbocycles. The molecule has 0 N–H and O–H groups in total. The second-order valence-electron chi connectivity index (χ2n) is 2.11. The zero-order valence-electron chi connectivity index (χ0n) is 6.00. The molecule has 1 unspecified atom stereocenters. The van der Waals surface area contributed by atoms with E-state index in [1.54, 1.807) is 12.1 Å². The predicted molar refractivity (Wildman–Crippen MR) is 43.4 cm³/mol. The van der Waals surface area contributed by atoms with Gasteiger partial charge in [-0.15, -0.1) is 0 Å². The minimum absolute atomic E-state index is 0.255. The Labute approximate surface area is 73.7 Å². The van der Waals surface area contributed by atoms with Crippen LogP contribution in [-0.2, 0) is 4.79 Å². The van der Waals surface area contributed by atoms with Crippen molar-refractivity contribution in [3.63, 3.8) is 0 Å². The quantitative estimate of drug-likeness (QED) is 0.396. The molecule has 0 radical (unpaired) electrons. The summed E-state index contributed by atoms with van der Waals surface area (Å²) in [5.74, 6) is 0. The van der Waals surface area contributed by atoms with Gasteiger partial charge in [-0.05, 0) is 12.1 Å². The summed E-state index contributed by atoms with van der Waals surface area (Å²) < 4.78 is 12.8. The highest BCUT2D eigenvalue weighted by Crippen LogP contribution is 2.21. The Morgan fingerprint density at radius 3 is 2.92 bits per heavy atom. The number of carbonyl (C=O) groups excluding carboxylic acids is 1. The Morgan fingerprint density at radius 2 is 2.33 bits per heavy atom. The molecule has 0 saturated heterocycles. The maximum absolute atomic E-state index is 12.8. The molecule has 1 aromatic rings. The molecular formula is C8H5ClFNO. The van der Waals surface area contributed by atoms with Crippen molar-refractivity contribution in [1.29, 1.82) is 0 Å². The number of isocyanates is 1. The number of halogens is 2. The molecule has 1 rings (SSSR count). The van der Waals surface area contributed by atoms with Crippen molar-refractivity contribution in [2.75, 3.05) is 0 Å².